The van der Waals surface area contributed by atoms with Crippen LogP contribution in [0.25, 0.3) is 11.6 Å². The second-order valence-corrected chi connectivity index (χ2v) is 3.87. The molecule has 2 aromatic heterocycles. The minimum atomic E-state index is -0.257. The fourth-order valence-corrected chi connectivity index (χ4v) is 1.27. The molecule has 90 valence electrons. The molecule has 0 saturated heterocycles. The molecule has 0 bridgehead atoms. The highest BCUT2D eigenvalue weighted by Gasteiger charge is 2.12. The van der Waals surface area contributed by atoms with Crippen molar-refractivity contribution in [2.24, 2.45) is 0 Å². The quantitative estimate of drug-likeness (QED) is 0.870. The summed E-state index contributed by atoms with van der Waals surface area (Å²) in [6.07, 6.45) is 1.84. The maximum absolute atomic E-state index is 10.8. The Bertz CT molecular complexity index is 528. The topological polar surface area (TPSA) is 85.8 Å². The van der Waals surface area contributed by atoms with Gasteiger partial charge in [-0.3, -0.25) is 14.8 Å². The number of carbonyl (C=O) groups excluding carboxylic acids is 1. The van der Waals surface area contributed by atoms with E-state index in [1.807, 2.05) is 20.0 Å². The van der Waals surface area contributed by atoms with Crippen molar-refractivity contribution in [2.75, 3.05) is 5.32 Å². The summed E-state index contributed by atoms with van der Waals surface area (Å²) in [6, 6.07) is 2.12. The molecule has 0 fully saturated rings. The molecule has 1 amide bonds. The first-order valence-electron chi connectivity index (χ1n) is 5.23. The zero-order valence-electron chi connectivity index (χ0n) is 9.84. The Labute approximate surface area is 97.8 Å². The number of nitrogens with zero attached hydrogens (tertiary/aromatic N) is 4. The molecule has 0 aliphatic heterocycles. The summed E-state index contributed by atoms with van der Waals surface area (Å²) in [7, 11) is 0. The number of anilines is 1. The summed E-state index contributed by atoms with van der Waals surface area (Å²) in [4.78, 5) is 10.8. The lowest BCUT2D eigenvalue weighted by atomic mass is 10.4. The molecule has 0 aliphatic carbocycles. The molecule has 0 saturated carbocycles. The van der Waals surface area contributed by atoms with Crippen LogP contribution < -0.4 is 5.32 Å². The monoisotopic (exact) mass is 235 g/mol. The molecule has 0 aliphatic rings. The van der Waals surface area contributed by atoms with Crippen molar-refractivity contribution in [3.63, 3.8) is 0 Å². The van der Waals surface area contributed by atoms with Gasteiger partial charge in [-0.15, -0.1) is 5.10 Å². The van der Waals surface area contributed by atoms with E-state index in [1.165, 1.54) is 6.92 Å². The Morgan fingerprint density at radius 1 is 1.47 bits per heavy atom. The Hall–Kier alpha value is -2.18. The Balaban J connectivity index is 2.21. The normalized spacial score (nSPS) is 10.8. The highest BCUT2D eigenvalue weighted by atomic mass is 16.4. The van der Waals surface area contributed by atoms with E-state index in [9.17, 15) is 4.79 Å². The van der Waals surface area contributed by atoms with E-state index in [0.29, 0.717) is 5.69 Å². The summed E-state index contributed by atoms with van der Waals surface area (Å²) in [5.74, 6) is 0.0288. The summed E-state index contributed by atoms with van der Waals surface area (Å²) < 4.78 is 7.03. The van der Waals surface area contributed by atoms with Gasteiger partial charge < -0.3 is 4.42 Å². The molecule has 0 spiro atoms. The van der Waals surface area contributed by atoms with Gasteiger partial charge in [-0.25, -0.2) is 0 Å². The first-order valence-corrected chi connectivity index (χ1v) is 5.23. The largest absolute Gasteiger partial charge is 0.401 e. The van der Waals surface area contributed by atoms with Crippen molar-refractivity contribution in [3.05, 3.63) is 12.3 Å². The van der Waals surface area contributed by atoms with Crippen LogP contribution >= 0.6 is 0 Å². The molecule has 2 rings (SSSR count). The summed E-state index contributed by atoms with van der Waals surface area (Å²) >= 11 is 0. The highest BCUT2D eigenvalue weighted by molar-refractivity contribution is 5.86. The summed E-state index contributed by atoms with van der Waals surface area (Å²) in [6.45, 7) is 5.41. The summed E-state index contributed by atoms with van der Waals surface area (Å²) in [5, 5.41) is 14.2. The zero-order valence-corrected chi connectivity index (χ0v) is 9.84. The lowest BCUT2D eigenvalue weighted by molar-refractivity contribution is -0.114. The lowest BCUT2D eigenvalue weighted by Crippen LogP contribution is -2.05. The number of hydrogen-bond acceptors (Lipinski definition) is 5. The van der Waals surface area contributed by atoms with Gasteiger partial charge in [0.15, 0.2) is 0 Å². The van der Waals surface area contributed by atoms with Crippen LogP contribution in [0.15, 0.2) is 16.7 Å². The summed E-state index contributed by atoms with van der Waals surface area (Å²) in [5.41, 5.74) is 0.586. The average Bonchev–Trinajstić information content (AvgIpc) is 2.83. The fourth-order valence-electron chi connectivity index (χ4n) is 1.27. The highest BCUT2D eigenvalue weighted by Crippen LogP contribution is 2.18. The van der Waals surface area contributed by atoms with Gasteiger partial charge in [0.1, 0.15) is 5.69 Å². The maximum Gasteiger partial charge on any atom is 0.322 e. The minimum Gasteiger partial charge on any atom is -0.401 e. The first-order chi connectivity index (χ1) is 8.06. The van der Waals surface area contributed by atoms with Crippen LogP contribution in [-0.2, 0) is 4.79 Å². The number of hydrogen-bond donors (Lipinski definition) is 1. The van der Waals surface area contributed by atoms with E-state index in [1.54, 1.807) is 10.7 Å². The van der Waals surface area contributed by atoms with Crippen LogP contribution in [0.2, 0.25) is 0 Å². The Kier molecular flexibility index (Phi) is 2.90. The van der Waals surface area contributed by atoms with E-state index in [-0.39, 0.29) is 23.9 Å². The molecule has 2 heterocycles. The predicted octanol–water partition coefficient (Wildman–Crippen LogP) is 1.47. The maximum atomic E-state index is 10.8. The van der Waals surface area contributed by atoms with Crippen LogP contribution in [0.5, 0.6) is 0 Å². The van der Waals surface area contributed by atoms with E-state index < -0.39 is 0 Å². The first kappa shape index (κ1) is 11.3. The number of rotatable bonds is 3. The van der Waals surface area contributed by atoms with E-state index in [0.717, 1.165) is 0 Å². The van der Waals surface area contributed by atoms with Crippen molar-refractivity contribution in [3.8, 4) is 11.6 Å². The lowest BCUT2D eigenvalue weighted by Gasteiger charge is -2.02. The zero-order chi connectivity index (χ0) is 12.4. The third kappa shape index (κ3) is 2.49. The smallest absolute Gasteiger partial charge is 0.322 e. The molecule has 7 nitrogen and oxygen atoms in total. The molecule has 2 aromatic rings. The van der Waals surface area contributed by atoms with Crippen molar-refractivity contribution >= 4 is 11.9 Å². The molecule has 0 aromatic carbocycles. The van der Waals surface area contributed by atoms with Gasteiger partial charge in [0.05, 0.1) is 0 Å². The van der Waals surface area contributed by atoms with Crippen LogP contribution in [0.4, 0.5) is 6.01 Å². The third-order valence-corrected chi connectivity index (χ3v) is 2.06. The van der Waals surface area contributed by atoms with Crippen LogP contribution in [-0.4, -0.2) is 25.9 Å². The number of nitrogens with one attached hydrogen (secondary N) is 1. The standard InChI is InChI=1S/C10H13N5O2/c1-6(2)15-5-4-8(14-15)9-12-13-10(17-9)11-7(3)16/h4-6H,1-3H3,(H,11,13,16). The van der Waals surface area contributed by atoms with Gasteiger partial charge in [-0.2, -0.15) is 5.10 Å². The Morgan fingerprint density at radius 2 is 2.24 bits per heavy atom. The second-order valence-electron chi connectivity index (χ2n) is 3.87. The van der Waals surface area contributed by atoms with Gasteiger partial charge in [0, 0.05) is 19.2 Å². The Morgan fingerprint density at radius 3 is 2.82 bits per heavy atom. The molecular formula is C10H13N5O2. The molecule has 1 N–H and O–H groups in total. The third-order valence-electron chi connectivity index (χ3n) is 2.06. The van der Waals surface area contributed by atoms with Crippen molar-refractivity contribution in [1.82, 2.24) is 20.0 Å². The van der Waals surface area contributed by atoms with E-state index in [4.69, 9.17) is 4.42 Å². The predicted molar refractivity (Wildman–Crippen MR) is 60.2 cm³/mol. The second kappa shape index (κ2) is 4.36. The molecule has 0 unspecified atom stereocenters. The van der Waals surface area contributed by atoms with Gasteiger partial charge in [-0.05, 0) is 19.9 Å². The van der Waals surface area contributed by atoms with Gasteiger partial charge >= 0.3 is 6.01 Å². The van der Waals surface area contributed by atoms with Gasteiger partial charge in [-0.1, -0.05) is 5.10 Å². The van der Waals surface area contributed by atoms with Gasteiger partial charge in [0.2, 0.25) is 5.91 Å². The van der Waals surface area contributed by atoms with E-state index in [2.05, 4.69) is 20.6 Å². The fraction of sp³-hybridized carbons (Fsp3) is 0.400. The number of aromatic nitrogens is 4. The van der Waals surface area contributed by atoms with Crippen LogP contribution in [0.1, 0.15) is 26.8 Å². The SMILES string of the molecule is CC(=O)Nc1nnc(-c2ccn(C(C)C)n2)o1. The molecule has 17 heavy (non-hydrogen) atoms. The van der Waals surface area contributed by atoms with Crippen LogP contribution in [0, 0.1) is 0 Å². The molecule has 0 atom stereocenters. The molecule has 0 radical (unpaired) electrons. The van der Waals surface area contributed by atoms with Crippen molar-refractivity contribution in [1.29, 1.82) is 0 Å². The van der Waals surface area contributed by atoms with Gasteiger partial charge in [0.25, 0.3) is 5.89 Å². The van der Waals surface area contributed by atoms with Crippen molar-refractivity contribution < 1.29 is 9.21 Å². The minimum absolute atomic E-state index is 0.0756. The number of carbonyl (C=O) groups is 1. The van der Waals surface area contributed by atoms with E-state index >= 15 is 0 Å². The average molecular weight is 235 g/mol. The molecule has 7 heteroatoms. The number of amides is 1. The van der Waals surface area contributed by atoms with Crippen LogP contribution in [0.3, 0.4) is 0 Å². The van der Waals surface area contributed by atoms with Crippen molar-refractivity contribution in [2.45, 2.75) is 26.8 Å². The molecular weight excluding hydrogens is 222 g/mol.